The Bertz CT molecular complexity index is 649. The third-order valence-electron chi connectivity index (χ3n) is 6.88. The summed E-state index contributed by atoms with van der Waals surface area (Å²) in [5, 5.41) is 29.9. The first kappa shape index (κ1) is 14.1. The lowest BCUT2D eigenvalue weighted by molar-refractivity contribution is -0.0311. The third-order valence-corrected chi connectivity index (χ3v) is 6.88. The van der Waals surface area contributed by atoms with Crippen LogP contribution in [0, 0.1) is 34.5 Å². The van der Waals surface area contributed by atoms with Crippen LogP contribution >= 0.6 is 0 Å². The predicted molar refractivity (Wildman–Crippen MR) is 83.2 cm³/mol. The van der Waals surface area contributed by atoms with Gasteiger partial charge >= 0.3 is 0 Å². The topological polar surface area (TPSA) is 64.2 Å². The summed E-state index contributed by atoms with van der Waals surface area (Å²) in [5.41, 5.74) is 2.47. The number of benzene rings is 1. The summed E-state index contributed by atoms with van der Waals surface area (Å²) in [6, 6.07) is 8.22. The second kappa shape index (κ2) is 4.73. The lowest BCUT2D eigenvalue weighted by Gasteiger charge is -2.51. The fourth-order valence-electron chi connectivity index (χ4n) is 5.73. The number of rotatable bonds is 0. The van der Waals surface area contributed by atoms with Crippen LogP contribution < -0.4 is 0 Å². The second-order valence-electron chi connectivity index (χ2n) is 7.75. The lowest BCUT2D eigenvalue weighted by atomic mass is 9.53. The van der Waals surface area contributed by atoms with Gasteiger partial charge in [-0.2, -0.15) is 5.26 Å². The van der Waals surface area contributed by atoms with Crippen molar-refractivity contribution in [3.05, 3.63) is 29.3 Å². The minimum Gasteiger partial charge on any atom is -0.508 e. The molecule has 0 amide bonds. The van der Waals surface area contributed by atoms with E-state index in [-0.39, 0.29) is 17.4 Å². The van der Waals surface area contributed by atoms with E-state index in [1.54, 1.807) is 6.07 Å². The molecule has 1 aromatic rings. The summed E-state index contributed by atoms with van der Waals surface area (Å²) >= 11 is 0. The van der Waals surface area contributed by atoms with Crippen LogP contribution in [-0.2, 0) is 6.42 Å². The predicted octanol–water partition coefficient (Wildman–Crippen LogP) is 3.36. The SMILES string of the molecule is C[C@]12CC[C@@H]3c4ccc(O)cc4C[C@@H](C#N)[C@H]3[C@@H]1CC[C@@H]2O. The van der Waals surface area contributed by atoms with Gasteiger partial charge in [-0.3, -0.25) is 0 Å². The normalized spacial score (nSPS) is 42.9. The zero-order chi connectivity index (χ0) is 15.5. The van der Waals surface area contributed by atoms with Crippen LogP contribution in [0.25, 0.3) is 0 Å². The Balaban J connectivity index is 1.79. The number of aliphatic hydroxyl groups excluding tert-OH is 1. The number of fused-ring (bicyclic) bond motifs is 5. The molecule has 2 N–H and O–H groups in total. The number of phenols is 1. The van der Waals surface area contributed by atoms with E-state index in [0.29, 0.717) is 23.5 Å². The number of hydrogen-bond acceptors (Lipinski definition) is 3. The molecule has 3 aliphatic rings. The summed E-state index contributed by atoms with van der Waals surface area (Å²) < 4.78 is 0. The zero-order valence-corrected chi connectivity index (χ0v) is 13.0. The van der Waals surface area contributed by atoms with E-state index in [0.717, 1.165) is 37.7 Å². The van der Waals surface area contributed by atoms with E-state index in [9.17, 15) is 15.5 Å². The first-order valence-electron chi connectivity index (χ1n) is 8.44. The van der Waals surface area contributed by atoms with Crippen molar-refractivity contribution in [1.29, 1.82) is 5.26 Å². The van der Waals surface area contributed by atoms with Gasteiger partial charge in [-0.1, -0.05) is 13.0 Å². The fraction of sp³-hybridized carbons (Fsp3) is 0.632. The number of nitriles is 1. The van der Waals surface area contributed by atoms with Crippen LogP contribution in [0.4, 0.5) is 0 Å². The monoisotopic (exact) mass is 297 g/mol. The molecule has 116 valence electrons. The van der Waals surface area contributed by atoms with Crippen molar-refractivity contribution in [1.82, 2.24) is 0 Å². The molecule has 3 aliphatic carbocycles. The molecule has 4 rings (SSSR count). The molecule has 0 heterocycles. The minimum atomic E-state index is -0.209. The standard InChI is InChI=1S/C19H23NO2/c1-19-7-6-15-14-3-2-13(21)9-11(14)8-12(10-20)18(15)16(19)4-5-17(19)22/h2-3,9,12,15-18,21-22H,4-8H2,1H3/t12-,15+,16-,17-,18+,19-/m0/s1. The number of phenolic OH excluding ortho intramolecular Hbond substituents is 1. The van der Waals surface area contributed by atoms with Gasteiger partial charge in [0.05, 0.1) is 18.1 Å². The first-order valence-corrected chi connectivity index (χ1v) is 8.44. The first-order chi connectivity index (χ1) is 10.5. The van der Waals surface area contributed by atoms with E-state index in [2.05, 4.69) is 19.1 Å². The smallest absolute Gasteiger partial charge is 0.115 e. The van der Waals surface area contributed by atoms with Crippen molar-refractivity contribution < 1.29 is 10.2 Å². The number of aromatic hydroxyl groups is 1. The van der Waals surface area contributed by atoms with E-state index in [4.69, 9.17) is 0 Å². The van der Waals surface area contributed by atoms with Crippen molar-refractivity contribution in [2.24, 2.45) is 23.2 Å². The molecular formula is C19H23NO2. The Morgan fingerprint density at radius 2 is 2.09 bits per heavy atom. The summed E-state index contributed by atoms with van der Waals surface area (Å²) in [5.74, 6) is 1.53. The zero-order valence-electron chi connectivity index (χ0n) is 13.0. The van der Waals surface area contributed by atoms with Crippen LogP contribution in [0.3, 0.4) is 0 Å². The lowest BCUT2D eigenvalue weighted by Crippen LogP contribution is -2.46. The molecule has 6 atom stereocenters. The molecule has 22 heavy (non-hydrogen) atoms. The number of nitrogens with zero attached hydrogens (tertiary/aromatic N) is 1. The molecule has 2 fully saturated rings. The third kappa shape index (κ3) is 1.77. The molecular weight excluding hydrogens is 274 g/mol. The second-order valence-corrected chi connectivity index (χ2v) is 7.75. The van der Waals surface area contributed by atoms with E-state index < -0.39 is 0 Å². The Kier molecular flexibility index (Phi) is 3.03. The van der Waals surface area contributed by atoms with Crippen molar-refractivity contribution in [2.45, 2.75) is 51.0 Å². The molecule has 3 nitrogen and oxygen atoms in total. The summed E-state index contributed by atoms with van der Waals surface area (Å²) in [7, 11) is 0. The summed E-state index contributed by atoms with van der Waals surface area (Å²) in [6.45, 7) is 2.23. The highest BCUT2D eigenvalue weighted by molar-refractivity contribution is 5.41. The summed E-state index contributed by atoms with van der Waals surface area (Å²) in [4.78, 5) is 0. The van der Waals surface area contributed by atoms with E-state index >= 15 is 0 Å². The van der Waals surface area contributed by atoms with Crippen molar-refractivity contribution in [2.75, 3.05) is 0 Å². The molecule has 0 radical (unpaired) electrons. The number of hydrogen-bond donors (Lipinski definition) is 2. The average Bonchev–Trinajstić information content (AvgIpc) is 2.81. The molecule has 0 spiro atoms. The van der Waals surface area contributed by atoms with Gasteiger partial charge < -0.3 is 10.2 Å². The molecule has 0 aliphatic heterocycles. The van der Waals surface area contributed by atoms with Gasteiger partial charge in [-0.25, -0.2) is 0 Å². The number of aliphatic hydroxyl groups is 1. The quantitative estimate of drug-likeness (QED) is 0.771. The molecule has 0 aromatic heterocycles. The van der Waals surface area contributed by atoms with Crippen LogP contribution in [0.5, 0.6) is 5.75 Å². The van der Waals surface area contributed by atoms with Crippen LogP contribution in [-0.4, -0.2) is 16.3 Å². The molecule has 0 bridgehead atoms. The van der Waals surface area contributed by atoms with E-state index in [1.807, 2.05) is 6.07 Å². The maximum Gasteiger partial charge on any atom is 0.115 e. The highest BCUT2D eigenvalue weighted by Crippen LogP contribution is 2.62. The van der Waals surface area contributed by atoms with Crippen LogP contribution in [0.1, 0.15) is 49.7 Å². The van der Waals surface area contributed by atoms with Gasteiger partial charge in [0, 0.05) is 0 Å². The maximum absolute atomic E-state index is 10.4. The Labute approximate surface area is 131 Å². The molecule has 0 saturated heterocycles. The fourth-order valence-corrected chi connectivity index (χ4v) is 5.73. The van der Waals surface area contributed by atoms with Gasteiger partial charge in [0.1, 0.15) is 5.75 Å². The van der Waals surface area contributed by atoms with Crippen LogP contribution in [0.2, 0.25) is 0 Å². The molecule has 0 unspecified atom stereocenters. The van der Waals surface area contributed by atoms with Gasteiger partial charge in [0.25, 0.3) is 0 Å². The molecule has 3 heteroatoms. The van der Waals surface area contributed by atoms with Gasteiger partial charge in [-0.15, -0.1) is 0 Å². The van der Waals surface area contributed by atoms with Gasteiger partial charge in [-0.05, 0) is 78.5 Å². The largest absolute Gasteiger partial charge is 0.508 e. The highest BCUT2D eigenvalue weighted by atomic mass is 16.3. The van der Waals surface area contributed by atoms with Crippen molar-refractivity contribution in [3.8, 4) is 11.8 Å². The molecule has 2 saturated carbocycles. The maximum atomic E-state index is 10.4. The Hall–Kier alpha value is -1.53. The van der Waals surface area contributed by atoms with Gasteiger partial charge in [0.2, 0.25) is 0 Å². The Morgan fingerprint density at radius 3 is 2.86 bits per heavy atom. The minimum absolute atomic E-state index is 0.00854. The summed E-state index contributed by atoms with van der Waals surface area (Å²) in [6.07, 6.45) is 4.54. The average molecular weight is 297 g/mol. The van der Waals surface area contributed by atoms with Crippen molar-refractivity contribution in [3.63, 3.8) is 0 Å². The van der Waals surface area contributed by atoms with Crippen LogP contribution in [0.15, 0.2) is 18.2 Å². The van der Waals surface area contributed by atoms with E-state index in [1.165, 1.54) is 5.56 Å². The van der Waals surface area contributed by atoms with Gasteiger partial charge in [0.15, 0.2) is 0 Å². The molecule has 1 aromatic carbocycles. The van der Waals surface area contributed by atoms with Crippen molar-refractivity contribution >= 4 is 0 Å². The highest BCUT2D eigenvalue weighted by Gasteiger charge is 2.56. The Morgan fingerprint density at radius 1 is 1.27 bits per heavy atom.